The number of hydrogen-bond donors (Lipinski definition) is 1. The Balaban J connectivity index is 3.03. The van der Waals surface area contributed by atoms with Crippen molar-refractivity contribution in [2.45, 2.75) is 6.36 Å². The van der Waals surface area contributed by atoms with Gasteiger partial charge in [-0.2, -0.15) is 0 Å². The molecule has 0 saturated heterocycles. The van der Waals surface area contributed by atoms with Gasteiger partial charge in [0.1, 0.15) is 5.75 Å². The van der Waals surface area contributed by atoms with E-state index in [4.69, 9.17) is 17.3 Å². The second-order valence-electron chi connectivity index (χ2n) is 3.60. The van der Waals surface area contributed by atoms with Crippen LogP contribution in [0.3, 0.4) is 0 Å². The van der Waals surface area contributed by atoms with E-state index in [2.05, 4.69) is 9.47 Å². The topological polar surface area (TPSA) is 61.5 Å². The molecular weight excluding hydrogens is 299 g/mol. The van der Waals surface area contributed by atoms with Crippen molar-refractivity contribution in [1.82, 2.24) is 0 Å². The first-order valence-electron chi connectivity index (χ1n) is 5.31. The highest BCUT2D eigenvalue weighted by atomic mass is 35.5. The van der Waals surface area contributed by atoms with E-state index in [1.54, 1.807) is 0 Å². The van der Waals surface area contributed by atoms with E-state index in [1.165, 1.54) is 25.3 Å². The Labute approximate surface area is 117 Å². The average molecular weight is 310 g/mol. The number of halogens is 4. The van der Waals surface area contributed by atoms with E-state index < -0.39 is 18.1 Å². The molecule has 0 bridgehead atoms. The van der Waals surface area contributed by atoms with E-state index >= 15 is 0 Å². The summed E-state index contributed by atoms with van der Waals surface area (Å²) in [6.07, 6.45) is -3.45. The minimum Gasteiger partial charge on any atom is -0.466 e. The van der Waals surface area contributed by atoms with Gasteiger partial charge in [0.25, 0.3) is 0 Å². The van der Waals surface area contributed by atoms with Gasteiger partial charge in [-0.15, -0.1) is 13.2 Å². The number of benzene rings is 1. The summed E-state index contributed by atoms with van der Waals surface area (Å²) in [4.78, 5) is 11.3. The lowest BCUT2D eigenvalue weighted by molar-refractivity contribution is -0.274. The second kappa shape index (κ2) is 6.62. The molecule has 0 spiro atoms. The van der Waals surface area contributed by atoms with E-state index in [-0.39, 0.29) is 17.1 Å². The SMILES string of the molecule is COC(=O)/C(=C/c1ccc(OC(F)(F)F)c(Cl)c1)CN. The zero-order chi connectivity index (χ0) is 15.3. The third-order valence-electron chi connectivity index (χ3n) is 2.19. The van der Waals surface area contributed by atoms with Gasteiger partial charge in [-0.05, 0) is 23.8 Å². The zero-order valence-corrected chi connectivity index (χ0v) is 11.1. The molecule has 0 aromatic heterocycles. The van der Waals surface area contributed by atoms with Crippen LogP contribution in [0, 0.1) is 0 Å². The van der Waals surface area contributed by atoms with E-state index in [0.29, 0.717) is 5.56 Å². The third-order valence-corrected chi connectivity index (χ3v) is 2.49. The summed E-state index contributed by atoms with van der Waals surface area (Å²) in [5, 5.41) is -0.239. The van der Waals surface area contributed by atoms with E-state index in [0.717, 1.165) is 6.07 Å². The highest BCUT2D eigenvalue weighted by molar-refractivity contribution is 6.32. The molecule has 0 heterocycles. The summed E-state index contributed by atoms with van der Waals surface area (Å²) in [6.45, 7) is -0.0783. The molecule has 1 aromatic carbocycles. The average Bonchev–Trinajstić information content (AvgIpc) is 2.36. The minimum atomic E-state index is -4.82. The Morgan fingerprint density at radius 2 is 2.10 bits per heavy atom. The molecule has 20 heavy (non-hydrogen) atoms. The number of carbonyl (C=O) groups is 1. The van der Waals surface area contributed by atoms with Gasteiger partial charge in [0.15, 0.2) is 0 Å². The smallest absolute Gasteiger partial charge is 0.466 e. The van der Waals surface area contributed by atoms with Crippen molar-refractivity contribution in [2.24, 2.45) is 5.73 Å². The molecule has 4 nitrogen and oxygen atoms in total. The molecule has 1 aromatic rings. The van der Waals surface area contributed by atoms with Crippen LogP contribution < -0.4 is 10.5 Å². The Hall–Kier alpha value is -1.73. The van der Waals surface area contributed by atoms with Crippen molar-refractivity contribution >= 4 is 23.6 Å². The summed E-state index contributed by atoms with van der Waals surface area (Å²) in [5.74, 6) is -1.15. The first kappa shape index (κ1) is 16.3. The predicted octanol–water partition coefficient (Wildman–Crippen LogP) is 2.75. The third kappa shape index (κ3) is 4.75. The summed E-state index contributed by atoms with van der Waals surface area (Å²) in [7, 11) is 1.19. The van der Waals surface area contributed by atoms with E-state index in [9.17, 15) is 18.0 Å². The number of ether oxygens (including phenoxy) is 2. The van der Waals surface area contributed by atoms with Crippen molar-refractivity contribution < 1.29 is 27.4 Å². The molecule has 0 aliphatic heterocycles. The second-order valence-corrected chi connectivity index (χ2v) is 4.01. The van der Waals surface area contributed by atoms with Crippen LogP contribution in [0.4, 0.5) is 13.2 Å². The van der Waals surface area contributed by atoms with Crippen molar-refractivity contribution in [3.8, 4) is 5.75 Å². The van der Waals surface area contributed by atoms with Crippen molar-refractivity contribution in [1.29, 1.82) is 0 Å². The standard InChI is InChI=1S/C12H11ClF3NO3/c1-19-11(18)8(6-17)4-7-2-3-10(9(13)5-7)20-12(14,15)16/h2-5H,6,17H2,1H3/b8-4+. The van der Waals surface area contributed by atoms with Crippen LogP contribution in [0.1, 0.15) is 5.56 Å². The Kier molecular flexibility index (Phi) is 5.41. The number of alkyl halides is 3. The summed E-state index contributed by atoms with van der Waals surface area (Å²) < 4.78 is 44.4. The molecule has 110 valence electrons. The fraction of sp³-hybridized carbons (Fsp3) is 0.250. The number of hydrogen-bond acceptors (Lipinski definition) is 4. The van der Waals surface area contributed by atoms with Crippen LogP contribution >= 0.6 is 11.6 Å². The van der Waals surface area contributed by atoms with Gasteiger partial charge in [-0.25, -0.2) is 4.79 Å². The Morgan fingerprint density at radius 3 is 2.55 bits per heavy atom. The van der Waals surface area contributed by atoms with Crippen LogP contribution in [-0.4, -0.2) is 26.0 Å². The molecule has 1 rings (SSSR count). The summed E-state index contributed by atoms with van der Waals surface area (Å²) in [5.41, 5.74) is 5.93. The highest BCUT2D eigenvalue weighted by Crippen LogP contribution is 2.31. The van der Waals surface area contributed by atoms with Gasteiger partial charge in [0.05, 0.1) is 17.7 Å². The van der Waals surface area contributed by atoms with Crippen LogP contribution in [0.15, 0.2) is 23.8 Å². The van der Waals surface area contributed by atoms with Gasteiger partial charge in [-0.3, -0.25) is 0 Å². The predicted molar refractivity (Wildman–Crippen MR) is 67.2 cm³/mol. The minimum absolute atomic E-state index is 0.0783. The van der Waals surface area contributed by atoms with Crippen LogP contribution in [0.2, 0.25) is 5.02 Å². The molecule has 2 N–H and O–H groups in total. The quantitative estimate of drug-likeness (QED) is 0.686. The van der Waals surface area contributed by atoms with Gasteiger partial charge >= 0.3 is 12.3 Å². The van der Waals surface area contributed by atoms with Gasteiger partial charge in [0.2, 0.25) is 0 Å². The van der Waals surface area contributed by atoms with Gasteiger partial charge in [0, 0.05) is 6.54 Å². The summed E-state index contributed by atoms with van der Waals surface area (Å²) >= 11 is 5.67. The monoisotopic (exact) mass is 309 g/mol. The maximum Gasteiger partial charge on any atom is 0.573 e. The van der Waals surface area contributed by atoms with Gasteiger partial charge in [-0.1, -0.05) is 17.7 Å². The van der Waals surface area contributed by atoms with Crippen LogP contribution in [0.25, 0.3) is 6.08 Å². The highest BCUT2D eigenvalue weighted by Gasteiger charge is 2.32. The number of carbonyl (C=O) groups excluding carboxylic acids is 1. The number of esters is 1. The Morgan fingerprint density at radius 1 is 1.45 bits per heavy atom. The molecule has 0 atom stereocenters. The molecule has 0 saturated carbocycles. The number of nitrogens with two attached hydrogens (primary N) is 1. The van der Waals surface area contributed by atoms with Crippen LogP contribution in [-0.2, 0) is 9.53 Å². The largest absolute Gasteiger partial charge is 0.573 e. The number of rotatable bonds is 4. The molecule has 0 aliphatic carbocycles. The molecular formula is C12H11ClF3NO3. The van der Waals surface area contributed by atoms with E-state index in [1.807, 2.05) is 0 Å². The lowest BCUT2D eigenvalue weighted by Gasteiger charge is -2.10. The molecule has 0 radical (unpaired) electrons. The summed E-state index contributed by atoms with van der Waals surface area (Å²) in [6, 6.07) is 3.58. The Bertz CT molecular complexity index is 529. The van der Waals surface area contributed by atoms with Crippen molar-refractivity contribution in [2.75, 3.05) is 13.7 Å². The first-order valence-corrected chi connectivity index (χ1v) is 5.69. The fourth-order valence-electron chi connectivity index (χ4n) is 1.35. The fourth-order valence-corrected chi connectivity index (χ4v) is 1.58. The molecule has 0 fully saturated rings. The lowest BCUT2D eigenvalue weighted by atomic mass is 10.1. The maximum atomic E-state index is 12.1. The zero-order valence-electron chi connectivity index (χ0n) is 10.3. The van der Waals surface area contributed by atoms with Gasteiger partial charge < -0.3 is 15.2 Å². The molecule has 0 unspecified atom stereocenters. The molecule has 0 amide bonds. The molecule has 8 heteroatoms. The normalized spacial score (nSPS) is 12.2. The number of methoxy groups -OCH3 is 1. The maximum absolute atomic E-state index is 12.1. The van der Waals surface area contributed by atoms with Crippen LogP contribution in [0.5, 0.6) is 5.75 Å². The van der Waals surface area contributed by atoms with Crippen molar-refractivity contribution in [3.05, 3.63) is 34.4 Å². The molecule has 0 aliphatic rings. The van der Waals surface area contributed by atoms with Crippen molar-refractivity contribution in [3.63, 3.8) is 0 Å². The lowest BCUT2D eigenvalue weighted by Crippen LogP contribution is -2.17. The first-order chi connectivity index (χ1) is 9.26.